The minimum Gasteiger partial charge on any atom is -0.326 e. The molecule has 0 bridgehead atoms. The van der Waals surface area contributed by atoms with Crippen molar-refractivity contribution in [2.75, 3.05) is 16.8 Å². The average Bonchev–Trinajstić information content (AvgIpc) is 3.03. The number of benzene rings is 2. The van der Waals surface area contributed by atoms with Crippen molar-refractivity contribution in [3.63, 3.8) is 0 Å². The number of carbonyl (C=O) groups is 2. The Labute approximate surface area is 177 Å². The fourth-order valence-corrected chi connectivity index (χ4v) is 4.88. The van der Waals surface area contributed by atoms with Gasteiger partial charge in [0.1, 0.15) is 0 Å². The maximum atomic E-state index is 12.6. The minimum absolute atomic E-state index is 0.00175. The third kappa shape index (κ3) is 4.71. The van der Waals surface area contributed by atoms with E-state index in [1.54, 1.807) is 17.0 Å². The molecule has 1 atom stereocenters. The molecule has 1 aliphatic heterocycles. The van der Waals surface area contributed by atoms with E-state index >= 15 is 0 Å². The van der Waals surface area contributed by atoms with Crippen LogP contribution in [0.5, 0.6) is 0 Å². The molecule has 0 saturated heterocycles. The van der Waals surface area contributed by atoms with E-state index in [1.807, 2.05) is 38.1 Å². The first-order chi connectivity index (χ1) is 14.2. The van der Waals surface area contributed by atoms with E-state index < -0.39 is 10.0 Å². The highest BCUT2D eigenvalue weighted by Crippen LogP contribution is 2.33. The van der Waals surface area contributed by atoms with Crippen LogP contribution in [-0.2, 0) is 32.5 Å². The lowest BCUT2D eigenvalue weighted by Gasteiger charge is -2.20. The second-order valence-corrected chi connectivity index (χ2v) is 9.21. The van der Waals surface area contributed by atoms with Crippen LogP contribution in [0.15, 0.2) is 47.4 Å². The van der Waals surface area contributed by atoms with Crippen molar-refractivity contribution in [2.45, 2.75) is 51.0 Å². The molecule has 0 aromatic heterocycles. The summed E-state index contributed by atoms with van der Waals surface area (Å²) in [6, 6.07) is 12.3. The number of aryl methyl sites for hydroxylation is 1. The SMILES string of the molecule is CCc1ccccc1NC(=O)CCNS(=O)(=O)c1ccc2c(c1)CC(C)N2C(C)=O. The van der Waals surface area contributed by atoms with Gasteiger partial charge in [-0.15, -0.1) is 0 Å². The maximum absolute atomic E-state index is 12.6. The quantitative estimate of drug-likeness (QED) is 0.707. The van der Waals surface area contributed by atoms with Crippen molar-refractivity contribution in [3.05, 3.63) is 53.6 Å². The van der Waals surface area contributed by atoms with E-state index in [1.165, 1.54) is 13.0 Å². The topological polar surface area (TPSA) is 95.6 Å². The van der Waals surface area contributed by atoms with Gasteiger partial charge in [0.15, 0.2) is 0 Å². The molecule has 1 unspecified atom stereocenters. The zero-order valence-corrected chi connectivity index (χ0v) is 18.3. The lowest BCUT2D eigenvalue weighted by molar-refractivity contribution is -0.117. The van der Waals surface area contributed by atoms with E-state index in [9.17, 15) is 18.0 Å². The molecule has 0 fully saturated rings. The van der Waals surface area contributed by atoms with Crippen molar-refractivity contribution in [3.8, 4) is 0 Å². The van der Waals surface area contributed by atoms with E-state index in [-0.39, 0.29) is 35.7 Å². The molecule has 2 amide bonds. The molecule has 0 spiro atoms. The van der Waals surface area contributed by atoms with Gasteiger partial charge in [-0.25, -0.2) is 13.1 Å². The van der Waals surface area contributed by atoms with Crippen LogP contribution in [0, 0.1) is 0 Å². The van der Waals surface area contributed by atoms with E-state index in [0.29, 0.717) is 6.42 Å². The van der Waals surface area contributed by atoms with Gasteiger partial charge in [0.25, 0.3) is 0 Å². The van der Waals surface area contributed by atoms with Crippen LogP contribution in [0.2, 0.25) is 0 Å². The molecule has 1 aliphatic rings. The summed E-state index contributed by atoms with van der Waals surface area (Å²) in [7, 11) is -3.75. The number of carbonyl (C=O) groups excluding carboxylic acids is 2. The molecule has 0 saturated carbocycles. The van der Waals surface area contributed by atoms with Crippen molar-refractivity contribution in [2.24, 2.45) is 0 Å². The number of sulfonamides is 1. The third-order valence-electron chi connectivity index (χ3n) is 5.23. The summed E-state index contributed by atoms with van der Waals surface area (Å²) in [5.74, 6) is -0.316. The molecule has 0 radical (unpaired) electrons. The van der Waals surface area contributed by atoms with Crippen molar-refractivity contribution < 1.29 is 18.0 Å². The van der Waals surface area contributed by atoms with Gasteiger partial charge in [0.05, 0.1) is 4.90 Å². The van der Waals surface area contributed by atoms with Crippen LogP contribution in [-0.4, -0.2) is 32.8 Å². The first-order valence-electron chi connectivity index (χ1n) is 10.0. The van der Waals surface area contributed by atoms with Gasteiger partial charge in [0, 0.05) is 37.3 Å². The van der Waals surface area contributed by atoms with Crippen molar-refractivity contribution >= 4 is 33.2 Å². The largest absolute Gasteiger partial charge is 0.326 e. The number of amides is 2. The molecule has 2 aromatic rings. The third-order valence-corrected chi connectivity index (χ3v) is 6.69. The highest BCUT2D eigenvalue weighted by atomic mass is 32.2. The Morgan fingerprint density at radius 1 is 1.17 bits per heavy atom. The van der Waals surface area contributed by atoms with Crippen molar-refractivity contribution in [1.29, 1.82) is 0 Å². The Balaban J connectivity index is 1.62. The Morgan fingerprint density at radius 3 is 2.60 bits per heavy atom. The molecular formula is C22H27N3O4S. The Hall–Kier alpha value is -2.71. The number of hydrogen-bond acceptors (Lipinski definition) is 4. The number of nitrogens with zero attached hydrogens (tertiary/aromatic N) is 1. The maximum Gasteiger partial charge on any atom is 0.240 e. The molecule has 1 heterocycles. The highest BCUT2D eigenvalue weighted by Gasteiger charge is 2.30. The second-order valence-electron chi connectivity index (χ2n) is 7.44. The average molecular weight is 430 g/mol. The highest BCUT2D eigenvalue weighted by molar-refractivity contribution is 7.89. The molecule has 2 aromatic carbocycles. The predicted molar refractivity (Wildman–Crippen MR) is 117 cm³/mol. The van der Waals surface area contributed by atoms with Crippen LogP contribution >= 0.6 is 0 Å². The fraction of sp³-hybridized carbons (Fsp3) is 0.364. The van der Waals surface area contributed by atoms with Crippen LogP contribution in [0.1, 0.15) is 38.3 Å². The Morgan fingerprint density at radius 2 is 1.90 bits per heavy atom. The summed E-state index contributed by atoms with van der Waals surface area (Å²) in [5.41, 5.74) is 3.35. The summed E-state index contributed by atoms with van der Waals surface area (Å²) in [6.45, 7) is 5.44. The Bertz CT molecular complexity index is 1070. The van der Waals surface area contributed by atoms with Gasteiger partial charge < -0.3 is 10.2 Å². The zero-order valence-electron chi connectivity index (χ0n) is 17.4. The number of rotatable bonds is 7. The molecule has 8 heteroatoms. The lowest BCUT2D eigenvalue weighted by Crippen LogP contribution is -2.33. The fourth-order valence-electron chi connectivity index (χ4n) is 3.80. The first-order valence-corrected chi connectivity index (χ1v) is 11.5. The normalized spacial score (nSPS) is 15.7. The van der Waals surface area contributed by atoms with Gasteiger partial charge in [0.2, 0.25) is 21.8 Å². The molecule has 0 aliphatic carbocycles. The number of nitrogens with one attached hydrogen (secondary N) is 2. The van der Waals surface area contributed by atoms with Crippen LogP contribution in [0.4, 0.5) is 11.4 Å². The number of para-hydroxylation sites is 1. The molecule has 7 nitrogen and oxygen atoms in total. The zero-order chi connectivity index (χ0) is 21.9. The van der Waals surface area contributed by atoms with E-state index in [0.717, 1.165) is 28.9 Å². The van der Waals surface area contributed by atoms with Crippen LogP contribution in [0.25, 0.3) is 0 Å². The van der Waals surface area contributed by atoms with E-state index in [2.05, 4.69) is 10.0 Å². The monoisotopic (exact) mass is 429 g/mol. The summed E-state index contributed by atoms with van der Waals surface area (Å²) in [5, 5.41) is 2.83. The summed E-state index contributed by atoms with van der Waals surface area (Å²) < 4.78 is 27.8. The van der Waals surface area contributed by atoms with E-state index in [4.69, 9.17) is 0 Å². The summed E-state index contributed by atoms with van der Waals surface area (Å²) in [6.07, 6.45) is 1.43. The molecule has 3 rings (SSSR count). The molecular weight excluding hydrogens is 402 g/mol. The van der Waals surface area contributed by atoms with Crippen LogP contribution in [0.3, 0.4) is 0 Å². The van der Waals surface area contributed by atoms with Gasteiger partial charge in [-0.2, -0.15) is 0 Å². The second kappa shape index (κ2) is 8.97. The summed E-state index contributed by atoms with van der Waals surface area (Å²) >= 11 is 0. The predicted octanol–water partition coefficient (Wildman–Crippen LogP) is 2.85. The smallest absolute Gasteiger partial charge is 0.240 e. The minimum atomic E-state index is -3.75. The van der Waals surface area contributed by atoms with Gasteiger partial charge >= 0.3 is 0 Å². The van der Waals surface area contributed by atoms with Crippen molar-refractivity contribution in [1.82, 2.24) is 4.72 Å². The molecule has 160 valence electrons. The van der Waals surface area contributed by atoms with Gasteiger partial charge in [-0.05, 0) is 55.2 Å². The van der Waals surface area contributed by atoms with Gasteiger partial charge in [-0.1, -0.05) is 25.1 Å². The number of fused-ring (bicyclic) bond motifs is 1. The van der Waals surface area contributed by atoms with Gasteiger partial charge in [-0.3, -0.25) is 9.59 Å². The lowest BCUT2D eigenvalue weighted by atomic mass is 10.1. The number of anilines is 2. The summed E-state index contributed by atoms with van der Waals surface area (Å²) in [4.78, 5) is 25.9. The molecule has 30 heavy (non-hydrogen) atoms. The number of hydrogen-bond donors (Lipinski definition) is 2. The molecule has 2 N–H and O–H groups in total. The Kier molecular flexibility index (Phi) is 6.58. The standard InChI is InChI=1S/C22H27N3O4S/c1-4-17-7-5-6-8-20(17)24-22(27)11-12-23-30(28,29)19-9-10-21-18(14-19)13-15(2)25(21)16(3)26/h5-10,14-15,23H,4,11-13H2,1-3H3,(H,24,27). The van der Waals surface area contributed by atoms with Crippen LogP contribution < -0.4 is 14.9 Å². The first kappa shape index (κ1) is 22.0.